The van der Waals surface area contributed by atoms with E-state index in [0.29, 0.717) is 0 Å². The Hall–Kier alpha value is -1.05. The van der Waals surface area contributed by atoms with Crippen molar-refractivity contribution in [2.45, 2.75) is 6.92 Å². The van der Waals surface area contributed by atoms with Crippen LogP contribution in [0.4, 0.5) is 4.39 Å². The van der Waals surface area contributed by atoms with Gasteiger partial charge in [0.2, 0.25) is 0 Å². The summed E-state index contributed by atoms with van der Waals surface area (Å²) in [6, 6.07) is 5.18. The highest BCUT2D eigenvalue weighted by Crippen LogP contribution is 2.14. The molecule has 0 aliphatic heterocycles. The third-order valence-corrected chi connectivity index (χ3v) is 1.02. The van der Waals surface area contributed by atoms with Gasteiger partial charge in [0.15, 0.2) is 11.6 Å². The van der Waals surface area contributed by atoms with Crippen LogP contribution >= 0.6 is 0 Å². The SMILES string of the molecule is Cc1[c]c(O)c(F)cc1. The number of aryl methyl sites for hydroxylation is 1. The molecule has 0 spiro atoms. The molecule has 0 fully saturated rings. The van der Waals surface area contributed by atoms with Crippen molar-refractivity contribution in [3.63, 3.8) is 0 Å². The molecule has 0 amide bonds. The van der Waals surface area contributed by atoms with E-state index in [1.807, 2.05) is 0 Å². The zero-order valence-corrected chi connectivity index (χ0v) is 4.98. The minimum absolute atomic E-state index is 0.407. The molecule has 0 atom stereocenters. The van der Waals surface area contributed by atoms with Crippen LogP contribution in [0.5, 0.6) is 5.75 Å². The zero-order valence-electron chi connectivity index (χ0n) is 4.98. The third-order valence-electron chi connectivity index (χ3n) is 1.02. The van der Waals surface area contributed by atoms with Gasteiger partial charge in [0.25, 0.3) is 0 Å². The van der Waals surface area contributed by atoms with Crippen LogP contribution in [-0.2, 0) is 0 Å². The van der Waals surface area contributed by atoms with Gasteiger partial charge >= 0.3 is 0 Å². The van der Waals surface area contributed by atoms with Gasteiger partial charge in [0, 0.05) is 6.07 Å². The summed E-state index contributed by atoms with van der Waals surface area (Å²) in [5.74, 6) is -1.03. The van der Waals surface area contributed by atoms with Crippen molar-refractivity contribution in [1.29, 1.82) is 0 Å². The van der Waals surface area contributed by atoms with Gasteiger partial charge < -0.3 is 5.11 Å². The Labute approximate surface area is 52.8 Å². The maximum absolute atomic E-state index is 12.2. The Kier molecular flexibility index (Phi) is 1.39. The minimum Gasteiger partial charge on any atom is -0.504 e. The van der Waals surface area contributed by atoms with Crippen molar-refractivity contribution < 1.29 is 9.50 Å². The van der Waals surface area contributed by atoms with Crippen molar-refractivity contribution in [3.05, 3.63) is 29.6 Å². The summed E-state index contributed by atoms with van der Waals surface area (Å²) in [6.07, 6.45) is 0. The lowest BCUT2D eigenvalue weighted by molar-refractivity contribution is 0.431. The van der Waals surface area contributed by atoms with Crippen LogP contribution in [-0.4, -0.2) is 5.11 Å². The minimum atomic E-state index is -0.624. The van der Waals surface area contributed by atoms with Gasteiger partial charge in [-0.1, -0.05) is 6.07 Å². The molecule has 0 unspecified atom stereocenters. The normalized spacial score (nSPS) is 9.56. The summed E-state index contributed by atoms with van der Waals surface area (Å²) >= 11 is 0. The largest absolute Gasteiger partial charge is 0.504 e. The first-order chi connectivity index (χ1) is 4.20. The number of rotatable bonds is 0. The highest BCUT2D eigenvalue weighted by molar-refractivity contribution is 5.25. The molecule has 9 heavy (non-hydrogen) atoms. The smallest absolute Gasteiger partial charge is 0.165 e. The average Bonchev–Trinajstić information content (AvgIpc) is 1.80. The molecule has 0 bridgehead atoms. The fraction of sp³-hybridized carbons (Fsp3) is 0.143. The monoisotopic (exact) mass is 125 g/mol. The summed E-state index contributed by atoms with van der Waals surface area (Å²) in [5, 5.41) is 8.67. The molecule has 1 aromatic rings. The van der Waals surface area contributed by atoms with Crippen LogP contribution < -0.4 is 0 Å². The molecule has 1 N–H and O–H groups in total. The summed E-state index contributed by atoms with van der Waals surface area (Å²) < 4.78 is 12.2. The van der Waals surface area contributed by atoms with E-state index in [4.69, 9.17) is 5.11 Å². The van der Waals surface area contributed by atoms with E-state index in [-0.39, 0.29) is 0 Å². The third kappa shape index (κ3) is 1.19. The molecule has 0 aromatic heterocycles. The van der Waals surface area contributed by atoms with E-state index in [1.54, 1.807) is 13.0 Å². The van der Waals surface area contributed by atoms with Crippen LogP contribution in [0.2, 0.25) is 0 Å². The second kappa shape index (κ2) is 2.05. The van der Waals surface area contributed by atoms with Crippen LogP contribution in [0.3, 0.4) is 0 Å². The summed E-state index contributed by atoms with van der Waals surface area (Å²) in [5.41, 5.74) is 0.730. The first-order valence-electron chi connectivity index (χ1n) is 2.57. The quantitative estimate of drug-likeness (QED) is 0.558. The first-order valence-corrected chi connectivity index (χ1v) is 2.57. The van der Waals surface area contributed by atoms with Crippen molar-refractivity contribution >= 4 is 0 Å². The fourth-order valence-corrected chi connectivity index (χ4v) is 0.565. The summed E-state index contributed by atoms with van der Waals surface area (Å²) in [6.45, 7) is 1.74. The van der Waals surface area contributed by atoms with Crippen molar-refractivity contribution in [1.82, 2.24) is 0 Å². The standard InChI is InChI=1S/C7H6FO/c1-5-2-3-6(8)7(9)4-5/h2-3,9H,1H3. The highest BCUT2D eigenvalue weighted by atomic mass is 19.1. The number of phenolic OH excluding ortho intramolecular Hbond substituents is 1. The Morgan fingerprint density at radius 2 is 2.22 bits per heavy atom. The Balaban J connectivity index is 3.17. The Bertz CT molecular complexity index is 220. The molecule has 1 aromatic carbocycles. The van der Waals surface area contributed by atoms with E-state index in [9.17, 15) is 4.39 Å². The van der Waals surface area contributed by atoms with E-state index < -0.39 is 11.6 Å². The number of hydrogen-bond acceptors (Lipinski definition) is 1. The highest BCUT2D eigenvalue weighted by Gasteiger charge is 1.96. The number of phenols is 1. The Morgan fingerprint density at radius 3 is 2.67 bits per heavy atom. The van der Waals surface area contributed by atoms with E-state index in [2.05, 4.69) is 6.07 Å². The first kappa shape index (κ1) is 6.08. The van der Waals surface area contributed by atoms with Crippen LogP contribution in [0.15, 0.2) is 12.1 Å². The van der Waals surface area contributed by atoms with Gasteiger partial charge in [0.05, 0.1) is 0 Å². The second-order valence-electron chi connectivity index (χ2n) is 1.84. The van der Waals surface area contributed by atoms with Gasteiger partial charge in [-0.3, -0.25) is 0 Å². The molecule has 2 heteroatoms. The lowest BCUT2D eigenvalue weighted by atomic mass is 10.2. The van der Waals surface area contributed by atoms with Crippen molar-refractivity contribution in [2.75, 3.05) is 0 Å². The van der Waals surface area contributed by atoms with Crippen molar-refractivity contribution in [3.8, 4) is 5.75 Å². The molecule has 1 rings (SSSR count). The molecule has 0 saturated heterocycles. The lowest BCUT2D eigenvalue weighted by Gasteiger charge is -1.93. The second-order valence-corrected chi connectivity index (χ2v) is 1.84. The molecular weight excluding hydrogens is 119 g/mol. The van der Waals surface area contributed by atoms with Crippen LogP contribution in [0, 0.1) is 18.8 Å². The maximum Gasteiger partial charge on any atom is 0.165 e. The molecule has 1 radical (unpaired) electrons. The predicted octanol–water partition coefficient (Wildman–Crippen LogP) is 1.64. The van der Waals surface area contributed by atoms with E-state index in [1.165, 1.54) is 6.07 Å². The molecule has 0 saturated carbocycles. The van der Waals surface area contributed by atoms with Crippen molar-refractivity contribution in [2.24, 2.45) is 0 Å². The van der Waals surface area contributed by atoms with E-state index >= 15 is 0 Å². The molecule has 47 valence electrons. The van der Waals surface area contributed by atoms with Gasteiger partial charge in [-0.15, -0.1) is 0 Å². The number of halogens is 1. The van der Waals surface area contributed by atoms with Gasteiger partial charge in [-0.05, 0) is 18.6 Å². The number of benzene rings is 1. The fourth-order valence-electron chi connectivity index (χ4n) is 0.565. The number of hydrogen-bond donors (Lipinski definition) is 1. The molecular formula is C7H6FO. The average molecular weight is 125 g/mol. The molecule has 0 aliphatic rings. The van der Waals surface area contributed by atoms with Gasteiger partial charge in [-0.2, -0.15) is 0 Å². The molecule has 0 heterocycles. The van der Waals surface area contributed by atoms with E-state index in [0.717, 1.165) is 5.56 Å². The van der Waals surface area contributed by atoms with Gasteiger partial charge in [0.1, 0.15) is 0 Å². The molecule has 0 aliphatic carbocycles. The van der Waals surface area contributed by atoms with Crippen LogP contribution in [0.25, 0.3) is 0 Å². The maximum atomic E-state index is 12.2. The van der Waals surface area contributed by atoms with Crippen LogP contribution in [0.1, 0.15) is 5.56 Å². The summed E-state index contributed by atoms with van der Waals surface area (Å²) in [4.78, 5) is 0. The topological polar surface area (TPSA) is 20.2 Å². The lowest BCUT2D eigenvalue weighted by Crippen LogP contribution is -1.76. The number of aromatic hydroxyl groups is 1. The summed E-state index contributed by atoms with van der Waals surface area (Å²) in [7, 11) is 0. The predicted molar refractivity (Wildman–Crippen MR) is 31.6 cm³/mol. The Morgan fingerprint density at radius 1 is 1.56 bits per heavy atom. The molecule has 1 nitrogen and oxygen atoms in total. The van der Waals surface area contributed by atoms with Gasteiger partial charge in [-0.25, -0.2) is 4.39 Å². The zero-order chi connectivity index (χ0) is 6.85.